The summed E-state index contributed by atoms with van der Waals surface area (Å²) in [6.07, 6.45) is 3.80. The van der Waals surface area contributed by atoms with Crippen LogP contribution in [0.2, 0.25) is 0 Å². The Morgan fingerprint density at radius 3 is 2.47 bits per heavy atom. The predicted octanol–water partition coefficient (Wildman–Crippen LogP) is 2.70. The molecule has 1 rings (SSSR count). The van der Waals surface area contributed by atoms with E-state index in [1.54, 1.807) is 0 Å². The van der Waals surface area contributed by atoms with Crippen LogP contribution in [0.4, 0.5) is 13.2 Å². The van der Waals surface area contributed by atoms with Gasteiger partial charge in [-0.3, -0.25) is 0 Å². The van der Waals surface area contributed by atoms with Crippen LogP contribution < -0.4 is 5.32 Å². The van der Waals surface area contributed by atoms with Crippen molar-refractivity contribution in [3.63, 3.8) is 0 Å². The van der Waals surface area contributed by atoms with Crippen molar-refractivity contribution in [1.82, 2.24) is 10.2 Å². The van der Waals surface area contributed by atoms with E-state index in [-0.39, 0.29) is 23.6 Å². The molecule has 17 heavy (non-hydrogen) atoms. The molecule has 1 aliphatic heterocycles. The van der Waals surface area contributed by atoms with Crippen molar-refractivity contribution in [2.45, 2.75) is 37.7 Å². The number of halogens is 3. The van der Waals surface area contributed by atoms with Crippen molar-refractivity contribution in [3.05, 3.63) is 0 Å². The Morgan fingerprint density at radius 2 is 1.88 bits per heavy atom. The zero-order chi connectivity index (χ0) is 12.7. The van der Waals surface area contributed by atoms with Crippen LogP contribution in [0.3, 0.4) is 0 Å². The molecule has 0 aromatic carbocycles. The monoisotopic (exact) mass is 270 g/mol. The van der Waals surface area contributed by atoms with E-state index in [2.05, 4.69) is 10.2 Å². The predicted molar refractivity (Wildman–Crippen MR) is 66.3 cm³/mol. The van der Waals surface area contributed by atoms with Gasteiger partial charge >= 0.3 is 5.51 Å². The minimum absolute atomic E-state index is 0.0455. The van der Waals surface area contributed by atoms with Crippen molar-refractivity contribution in [2.24, 2.45) is 0 Å². The van der Waals surface area contributed by atoms with Crippen molar-refractivity contribution >= 4 is 11.8 Å². The van der Waals surface area contributed by atoms with E-state index in [4.69, 9.17) is 0 Å². The number of hydrogen-bond acceptors (Lipinski definition) is 3. The molecule has 1 saturated heterocycles. The number of nitrogens with one attached hydrogen (secondary N) is 1. The van der Waals surface area contributed by atoms with Gasteiger partial charge in [0.05, 0.1) is 0 Å². The Hall–Kier alpha value is 0.0600. The first kappa shape index (κ1) is 15.1. The van der Waals surface area contributed by atoms with Gasteiger partial charge < -0.3 is 10.2 Å². The molecular formula is C11H21F3N2S. The summed E-state index contributed by atoms with van der Waals surface area (Å²) >= 11 is 0.0455. The molecule has 0 amide bonds. The highest BCUT2D eigenvalue weighted by Crippen LogP contribution is 2.29. The van der Waals surface area contributed by atoms with E-state index < -0.39 is 5.51 Å². The standard InChI is InChI=1S/C11H21F3N2S/c1-10(9-16-6-3-2-4-7-16)15-5-8-17-11(12,13)14/h10,15H,2-9H2,1H3. The molecule has 2 nitrogen and oxygen atoms in total. The lowest BCUT2D eigenvalue weighted by atomic mass is 10.1. The third kappa shape index (κ3) is 7.89. The first-order valence-electron chi connectivity index (χ1n) is 6.14. The highest BCUT2D eigenvalue weighted by molar-refractivity contribution is 8.00. The molecule has 0 radical (unpaired) electrons. The maximum Gasteiger partial charge on any atom is 0.441 e. The Morgan fingerprint density at radius 1 is 1.24 bits per heavy atom. The molecule has 1 heterocycles. The second-order valence-electron chi connectivity index (χ2n) is 4.51. The lowest BCUT2D eigenvalue weighted by Gasteiger charge is -2.29. The van der Waals surface area contributed by atoms with Crippen LogP contribution in [0.25, 0.3) is 0 Å². The molecule has 0 saturated carbocycles. The van der Waals surface area contributed by atoms with Gasteiger partial charge in [-0.1, -0.05) is 6.42 Å². The lowest BCUT2D eigenvalue weighted by molar-refractivity contribution is -0.0327. The van der Waals surface area contributed by atoms with E-state index in [9.17, 15) is 13.2 Å². The lowest BCUT2D eigenvalue weighted by Crippen LogP contribution is -2.42. The van der Waals surface area contributed by atoms with Gasteiger partial charge in [0.1, 0.15) is 0 Å². The second kappa shape index (κ2) is 7.48. The summed E-state index contributed by atoms with van der Waals surface area (Å²) in [5.41, 5.74) is -4.10. The van der Waals surface area contributed by atoms with Gasteiger partial charge in [-0.25, -0.2) is 0 Å². The van der Waals surface area contributed by atoms with Crippen molar-refractivity contribution in [2.75, 3.05) is 31.9 Å². The Bertz CT molecular complexity index is 205. The van der Waals surface area contributed by atoms with E-state index in [1.807, 2.05) is 6.92 Å². The fourth-order valence-corrected chi connectivity index (χ4v) is 2.52. The van der Waals surface area contributed by atoms with E-state index in [0.717, 1.165) is 19.6 Å². The molecule has 1 unspecified atom stereocenters. The third-order valence-electron chi connectivity index (χ3n) is 2.84. The third-order valence-corrected chi connectivity index (χ3v) is 3.58. The van der Waals surface area contributed by atoms with Gasteiger partial charge in [0, 0.05) is 24.9 Å². The van der Waals surface area contributed by atoms with Crippen LogP contribution in [-0.2, 0) is 0 Å². The molecule has 0 spiro atoms. The van der Waals surface area contributed by atoms with Crippen LogP contribution >= 0.6 is 11.8 Å². The average molecular weight is 270 g/mol. The molecule has 1 N–H and O–H groups in total. The van der Waals surface area contributed by atoms with Crippen LogP contribution in [0.1, 0.15) is 26.2 Å². The maximum atomic E-state index is 11.9. The Kier molecular flexibility index (Phi) is 6.66. The number of nitrogens with zero attached hydrogens (tertiary/aromatic N) is 1. The number of thioether (sulfide) groups is 1. The summed E-state index contributed by atoms with van der Waals surface area (Å²) in [5, 5.41) is 3.14. The quantitative estimate of drug-likeness (QED) is 0.747. The first-order chi connectivity index (χ1) is 7.97. The first-order valence-corrected chi connectivity index (χ1v) is 7.12. The highest BCUT2D eigenvalue weighted by atomic mass is 32.2. The highest BCUT2D eigenvalue weighted by Gasteiger charge is 2.27. The minimum atomic E-state index is -4.10. The van der Waals surface area contributed by atoms with E-state index in [1.165, 1.54) is 19.3 Å². The van der Waals surface area contributed by atoms with Gasteiger partial charge in [-0.2, -0.15) is 13.2 Å². The van der Waals surface area contributed by atoms with Gasteiger partial charge in [0.2, 0.25) is 0 Å². The molecule has 1 aliphatic rings. The molecule has 0 aliphatic carbocycles. The topological polar surface area (TPSA) is 15.3 Å². The Balaban J connectivity index is 2.02. The average Bonchev–Trinajstić information content (AvgIpc) is 2.25. The van der Waals surface area contributed by atoms with Gasteiger partial charge in [-0.05, 0) is 44.6 Å². The Labute approximate surface area is 105 Å². The maximum absolute atomic E-state index is 11.9. The van der Waals surface area contributed by atoms with Gasteiger partial charge in [0.15, 0.2) is 0 Å². The molecule has 1 fully saturated rings. The SMILES string of the molecule is CC(CN1CCCCC1)NCCSC(F)(F)F. The van der Waals surface area contributed by atoms with Crippen molar-refractivity contribution in [1.29, 1.82) is 0 Å². The molecule has 0 aromatic rings. The summed E-state index contributed by atoms with van der Waals surface area (Å²) in [6.45, 7) is 5.65. The molecular weight excluding hydrogens is 249 g/mol. The van der Waals surface area contributed by atoms with Crippen LogP contribution in [0, 0.1) is 0 Å². The fourth-order valence-electron chi connectivity index (χ4n) is 2.07. The van der Waals surface area contributed by atoms with E-state index >= 15 is 0 Å². The summed E-state index contributed by atoms with van der Waals surface area (Å²) < 4.78 is 35.6. The zero-order valence-electron chi connectivity index (χ0n) is 10.2. The van der Waals surface area contributed by atoms with Gasteiger partial charge in [-0.15, -0.1) is 0 Å². The van der Waals surface area contributed by atoms with Crippen molar-refractivity contribution < 1.29 is 13.2 Å². The largest absolute Gasteiger partial charge is 0.441 e. The van der Waals surface area contributed by atoms with Crippen LogP contribution in [0.5, 0.6) is 0 Å². The zero-order valence-corrected chi connectivity index (χ0v) is 11.0. The van der Waals surface area contributed by atoms with E-state index in [0.29, 0.717) is 6.54 Å². The second-order valence-corrected chi connectivity index (χ2v) is 5.67. The molecule has 0 bridgehead atoms. The molecule has 102 valence electrons. The fraction of sp³-hybridized carbons (Fsp3) is 1.00. The summed E-state index contributed by atoms with van der Waals surface area (Å²) in [6, 6.07) is 0.266. The van der Waals surface area contributed by atoms with Gasteiger partial charge in [0.25, 0.3) is 0 Å². The molecule has 1 atom stereocenters. The van der Waals surface area contributed by atoms with Crippen LogP contribution in [0.15, 0.2) is 0 Å². The smallest absolute Gasteiger partial charge is 0.312 e. The summed E-state index contributed by atoms with van der Waals surface area (Å²) in [4.78, 5) is 2.39. The van der Waals surface area contributed by atoms with Crippen molar-refractivity contribution in [3.8, 4) is 0 Å². The molecule has 0 aromatic heterocycles. The number of alkyl halides is 3. The number of rotatable bonds is 6. The summed E-state index contributed by atoms with van der Waals surface area (Å²) in [5.74, 6) is 0.0911. The number of hydrogen-bond donors (Lipinski definition) is 1. The number of likely N-dealkylation sites (tertiary alicyclic amines) is 1. The number of piperidine rings is 1. The molecule has 6 heteroatoms. The minimum Gasteiger partial charge on any atom is -0.312 e. The summed E-state index contributed by atoms with van der Waals surface area (Å²) in [7, 11) is 0. The normalized spacial score (nSPS) is 20.5. The van der Waals surface area contributed by atoms with Crippen LogP contribution in [-0.4, -0.2) is 48.4 Å².